The van der Waals surface area contributed by atoms with Crippen molar-refractivity contribution in [3.8, 4) is 22.3 Å². The highest BCUT2D eigenvalue weighted by Gasteiger charge is 2.38. The Morgan fingerprint density at radius 1 is 0.698 bits per heavy atom. The zero-order chi connectivity index (χ0) is 46.3. The van der Waals surface area contributed by atoms with Gasteiger partial charge < -0.3 is 35.2 Å². The van der Waals surface area contributed by atoms with Crippen LogP contribution in [0.3, 0.4) is 0 Å². The number of imidazole rings is 2. The molecular weight excluding hydrogens is 816 g/mol. The lowest BCUT2D eigenvalue weighted by Crippen LogP contribution is -2.38. The molecule has 0 bridgehead atoms. The van der Waals surface area contributed by atoms with Crippen molar-refractivity contribution in [1.29, 1.82) is 0 Å². The number of carbonyl (C=O) groups excluding carboxylic acids is 2. The molecule has 2 amide bonds. The first-order chi connectivity index (χ1) is 29.9. The zero-order valence-corrected chi connectivity index (χ0v) is 36.7. The monoisotopic (exact) mass is 873 g/mol. The van der Waals surface area contributed by atoms with Crippen LogP contribution in [0, 0.1) is 19.8 Å². The number of fused-ring (bicyclic) bond motifs is 2. The van der Waals surface area contributed by atoms with Crippen LogP contribution < -0.4 is 16.8 Å². The number of carboxylic acids is 1. The third-order valence-corrected chi connectivity index (χ3v) is 10.3. The summed E-state index contributed by atoms with van der Waals surface area (Å²) >= 11 is 0. The summed E-state index contributed by atoms with van der Waals surface area (Å²) in [5.74, 6) is -1.72. The number of aliphatic carboxylic acids is 1. The number of nitrogens with two attached hydrogens (primary N) is 2. The standard InChI is InChI=1S/C23H29N3O2.C22H28N4O2.C2HF3O2/c1-4-28-14-13-26-21-11-10-19(18-8-5-16(2)6-9-18)15-20(21)25-22(26)12-7-17(3)23(24)27;1-4-28-12-11-26-20-10-9-18(17-7-5-15(2)6-8-17)13-19(20)25-21(26)14-24-16(3)22(23)27;3-2(4,5)1(6)7/h5-6,8-11,15,17H,4,7,12-14H2,1-3H3,(H2,24,27);5-10,13,16,24H,4,11-12,14H2,1-3H3,(H2,23,27);(H,6,7)/t17-;16-;/m10./s1. The van der Waals surface area contributed by atoms with Crippen molar-refractivity contribution >= 4 is 39.9 Å². The van der Waals surface area contributed by atoms with E-state index in [0.717, 1.165) is 51.4 Å². The number of aromatic nitrogens is 4. The van der Waals surface area contributed by atoms with Crippen molar-refractivity contribution in [3.05, 3.63) is 108 Å². The molecule has 0 spiro atoms. The van der Waals surface area contributed by atoms with Crippen LogP contribution in [0.2, 0.25) is 0 Å². The first kappa shape index (κ1) is 49.6. The number of nitrogens with one attached hydrogen (secondary N) is 1. The zero-order valence-electron chi connectivity index (χ0n) is 36.7. The summed E-state index contributed by atoms with van der Waals surface area (Å²) in [5.41, 5.74) is 21.9. The average molecular weight is 874 g/mol. The van der Waals surface area contributed by atoms with Crippen molar-refractivity contribution in [2.45, 2.75) is 86.2 Å². The summed E-state index contributed by atoms with van der Waals surface area (Å²) in [6.45, 7) is 16.3. The Balaban J connectivity index is 0.000000240. The van der Waals surface area contributed by atoms with Gasteiger partial charge in [0.2, 0.25) is 11.8 Å². The first-order valence-corrected chi connectivity index (χ1v) is 20.8. The van der Waals surface area contributed by atoms with E-state index in [1.807, 2.05) is 20.8 Å². The molecule has 0 saturated carbocycles. The smallest absolute Gasteiger partial charge is 0.475 e. The molecule has 0 saturated heterocycles. The molecule has 63 heavy (non-hydrogen) atoms. The van der Waals surface area contributed by atoms with Gasteiger partial charge in [0.1, 0.15) is 11.6 Å². The number of hydrogen-bond donors (Lipinski definition) is 4. The molecule has 0 radical (unpaired) electrons. The van der Waals surface area contributed by atoms with E-state index in [-0.39, 0.29) is 17.7 Å². The van der Waals surface area contributed by atoms with Crippen molar-refractivity contribution < 1.29 is 42.1 Å². The SMILES string of the molecule is CCOCCn1c(CC[C@@H](C)C(N)=O)nc2cc(-c3ccc(C)cc3)ccc21.CCOCCn1c(CN[C@@H](C)C(N)=O)nc2cc(-c3ccc(C)cc3)ccc21.O=C(O)C(F)(F)F. The van der Waals surface area contributed by atoms with Crippen molar-refractivity contribution in [2.75, 3.05) is 26.4 Å². The second-order valence-electron chi connectivity index (χ2n) is 15.0. The summed E-state index contributed by atoms with van der Waals surface area (Å²) in [6, 6.07) is 29.3. The second-order valence-corrected chi connectivity index (χ2v) is 15.0. The fourth-order valence-corrected chi connectivity index (χ4v) is 6.47. The normalized spacial score (nSPS) is 12.3. The van der Waals surface area contributed by atoms with Crippen LogP contribution in [0.4, 0.5) is 13.2 Å². The van der Waals surface area contributed by atoms with Crippen molar-refractivity contribution in [3.63, 3.8) is 0 Å². The number of carboxylic acid groups (broad SMARTS) is 1. The number of nitrogens with zero attached hydrogens (tertiary/aromatic N) is 4. The maximum absolute atomic E-state index is 11.4. The molecule has 4 aromatic carbocycles. The largest absolute Gasteiger partial charge is 0.490 e. The highest BCUT2D eigenvalue weighted by atomic mass is 19.4. The van der Waals surface area contributed by atoms with Crippen LogP contribution in [0.15, 0.2) is 84.9 Å². The Morgan fingerprint density at radius 2 is 1.11 bits per heavy atom. The first-order valence-electron chi connectivity index (χ1n) is 20.8. The Labute approximate surface area is 365 Å². The van der Waals surface area contributed by atoms with Crippen LogP contribution in [0.25, 0.3) is 44.3 Å². The van der Waals surface area contributed by atoms with Gasteiger partial charge in [0.05, 0.1) is 47.9 Å². The van der Waals surface area contributed by atoms with Gasteiger partial charge in [0, 0.05) is 38.6 Å². The molecule has 0 aliphatic heterocycles. The Morgan fingerprint density at radius 3 is 1.51 bits per heavy atom. The predicted octanol–water partition coefficient (Wildman–Crippen LogP) is 7.75. The van der Waals surface area contributed by atoms with Crippen molar-refractivity contribution in [1.82, 2.24) is 24.4 Å². The number of aryl methyl sites for hydroxylation is 3. The molecule has 2 aromatic heterocycles. The van der Waals surface area contributed by atoms with Gasteiger partial charge in [-0.3, -0.25) is 14.9 Å². The van der Waals surface area contributed by atoms with E-state index < -0.39 is 18.2 Å². The molecule has 16 heteroatoms. The number of hydrogen-bond acceptors (Lipinski definition) is 8. The lowest BCUT2D eigenvalue weighted by atomic mass is 10.0. The lowest BCUT2D eigenvalue weighted by molar-refractivity contribution is -0.192. The summed E-state index contributed by atoms with van der Waals surface area (Å²) < 4.78 is 47.2. The molecule has 2 atom stereocenters. The number of primary amides is 2. The third-order valence-electron chi connectivity index (χ3n) is 10.3. The van der Waals surface area contributed by atoms with Gasteiger partial charge >= 0.3 is 12.1 Å². The van der Waals surface area contributed by atoms with Crippen LogP contribution in [0.5, 0.6) is 0 Å². The maximum atomic E-state index is 11.4. The third kappa shape index (κ3) is 14.5. The minimum Gasteiger partial charge on any atom is -0.475 e. The van der Waals surface area contributed by atoms with E-state index in [2.05, 4.69) is 113 Å². The average Bonchev–Trinajstić information content (AvgIpc) is 3.78. The van der Waals surface area contributed by atoms with Gasteiger partial charge in [-0.1, -0.05) is 78.7 Å². The van der Waals surface area contributed by atoms with E-state index in [9.17, 15) is 22.8 Å². The maximum Gasteiger partial charge on any atom is 0.490 e. The number of carbonyl (C=O) groups is 3. The molecule has 6 aromatic rings. The van der Waals surface area contributed by atoms with Crippen LogP contribution >= 0.6 is 0 Å². The van der Waals surface area contributed by atoms with Gasteiger partial charge in [0.15, 0.2) is 0 Å². The van der Waals surface area contributed by atoms with Gasteiger partial charge in [-0.2, -0.15) is 13.2 Å². The van der Waals surface area contributed by atoms with E-state index in [1.54, 1.807) is 6.92 Å². The van der Waals surface area contributed by atoms with E-state index in [0.29, 0.717) is 52.4 Å². The second kappa shape index (κ2) is 23.4. The summed E-state index contributed by atoms with van der Waals surface area (Å²) in [4.78, 5) is 41.3. The number of amides is 2. The molecular formula is C47H58F3N7O6. The topological polar surface area (TPSA) is 190 Å². The molecule has 0 aliphatic rings. The van der Waals surface area contributed by atoms with Gasteiger partial charge in [-0.05, 0) is 87.6 Å². The molecule has 2 heterocycles. The van der Waals surface area contributed by atoms with Gasteiger partial charge in [0.25, 0.3) is 0 Å². The molecule has 0 unspecified atom stereocenters. The van der Waals surface area contributed by atoms with Gasteiger partial charge in [-0.25, -0.2) is 14.8 Å². The van der Waals surface area contributed by atoms with Crippen LogP contribution in [0.1, 0.15) is 56.9 Å². The van der Waals surface area contributed by atoms with Crippen LogP contribution in [-0.4, -0.2) is 80.6 Å². The molecule has 0 aliphatic carbocycles. The number of benzene rings is 4. The summed E-state index contributed by atoms with van der Waals surface area (Å²) in [5, 5.41) is 10.3. The minimum atomic E-state index is -5.08. The Kier molecular flexibility index (Phi) is 18.4. The Hall–Kier alpha value is -6.10. The highest BCUT2D eigenvalue weighted by molar-refractivity contribution is 5.84. The van der Waals surface area contributed by atoms with E-state index in [1.165, 1.54) is 22.3 Å². The van der Waals surface area contributed by atoms with Crippen molar-refractivity contribution in [2.24, 2.45) is 17.4 Å². The highest BCUT2D eigenvalue weighted by Crippen LogP contribution is 2.28. The molecule has 0 fully saturated rings. The fourth-order valence-electron chi connectivity index (χ4n) is 6.47. The predicted molar refractivity (Wildman–Crippen MR) is 239 cm³/mol. The number of rotatable bonds is 18. The minimum absolute atomic E-state index is 0.164. The molecule has 6 rings (SSSR count). The van der Waals surface area contributed by atoms with E-state index in [4.69, 9.17) is 40.8 Å². The Bertz CT molecular complexity index is 2270. The van der Waals surface area contributed by atoms with E-state index >= 15 is 0 Å². The van der Waals surface area contributed by atoms with Crippen LogP contribution in [-0.2, 0) is 49.9 Å². The summed E-state index contributed by atoms with van der Waals surface area (Å²) in [7, 11) is 0. The molecule has 6 N–H and O–H groups in total. The fraction of sp³-hybridized carbons (Fsp3) is 0.383. The number of ether oxygens (including phenoxy) is 2. The number of halogens is 3. The number of alkyl halides is 3. The quantitative estimate of drug-likeness (QED) is 0.0626. The molecule has 13 nitrogen and oxygen atoms in total. The summed E-state index contributed by atoms with van der Waals surface area (Å²) in [6.07, 6.45) is -3.68. The molecule has 338 valence electrons. The van der Waals surface area contributed by atoms with Gasteiger partial charge in [-0.15, -0.1) is 0 Å². The lowest BCUT2D eigenvalue weighted by Gasteiger charge is -2.12.